The summed E-state index contributed by atoms with van der Waals surface area (Å²) in [4.78, 5) is 135. The zero-order chi connectivity index (χ0) is 52.5. The number of methoxy groups -OCH3 is 1. The van der Waals surface area contributed by atoms with E-state index in [1.807, 2.05) is 0 Å². The molecular formula is C47H72N6O15. The van der Waals surface area contributed by atoms with Gasteiger partial charge in [0.05, 0.1) is 18.1 Å². The molecular weight excluding hydrogens is 889 g/mol. The average Bonchev–Trinajstić information content (AvgIpc) is 3.28. The number of likely N-dealkylation sites (N-methyl/N-ethyl adjacent to an activating group) is 3. The highest BCUT2D eigenvalue weighted by molar-refractivity contribution is 6.01. The summed E-state index contributed by atoms with van der Waals surface area (Å²) in [6, 6.07) is 1.37. The Balaban J connectivity index is 3.46. The Labute approximate surface area is 398 Å². The second-order valence-corrected chi connectivity index (χ2v) is 17.5. The van der Waals surface area contributed by atoms with Crippen molar-refractivity contribution in [1.82, 2.24) is 30.7 Å². The molecule has 68 heavy (non-hydrogen) atoms. The second kappa shape index (κ2) is 27.6. The number of hydrogen-bond donors (Lipinski definition) is 5. The van der Waals surface area contributed by atoms with E-state index in [4.69, 9.17) is 14.2 Å². The van der Waals surface area contributed by atoms with Gasteiger partial charge in [-0.15, -0.1) is 0 Å². The topological polar surface area (TPSA) is 285 Å². The van der Waals surface area contributed by atoms with Gasteiger partial charge in [0.1, 0.15) is 41.8 Å². The van der Waals surface area contributed by atoms with Crippen LogP contribution in [0.25, 0.3) is 0 Å². The highest BCUT2D eigenvalue weighted by Gasteiger charge is 2.44. The van der Waals surface area contributed by atoms with Gasteiger partial charge >= 0.3 is 17.9 Å². The van der Waals surface area contributed by atoms with Gasteiger partial charge in [-0.2, -0.15) is 0 Å². The first-order chi connectivity index (χ1) is 31.5. The number of aliphatic carboxylic acids is 1. The molecule has 0 saturated carbocycles. The standard InChI is InChI=1S/C47H72N6O15/c1-16-34(49-31(11)55)47(65)67-35(23-32-20-18-17-19-21-32)43(60)52(13)28(8)40(57)48-27(7)42(59)51(12)29(9)41(58)50-36(44(61)53(14)37(45(62)63)30(10)66-15)39(25(4)5)68-46(64)33(22-26(6)54)38(56)24(2)3/h17-21,24-25,27,29-30,33-39,56H,8,16,22-23H2,1-7,9-15H3,(H,48,57)(H,49,55)(H,50,58)(H,62,63)/t27-,29-,30+,33-,34-,35+,36-,37-,38+,39+/m0/s1. The minimum absolute atomic E-state index is 0.0993. The number of ketones is 1. The SMILES string of the molecule is C=C(C(=O)N[C@@H](C)C(=O)N(C)[C@@H](C)C(=O)N[C@H](C(=O)N(C)[C@H](C(=O)O)[C@@H](C)OC)[C@H](OC(=O)[C@@H](CC(C)=O)[C@H](O)C(C)C)C(C)C)N(C)C(=O)[C@@H](Cc1ccccc1)OC(=O)[C@H](CC)NC(C)=O. The normalized spacial score (nSPS) is 15.6. The Hall–Kier alpha value is -6.22. The van der Waals surface area contributed by atoms with E-state index in [-0.39, 0.29) is 12.8 Å². The Bertz CT molecular complexity index is 1980. The first-order valence-electron chi connectivity index (χ1n) is 22.3. The smallest absolute Gasteiger partial charge is 0.329 e. The van der Waals surface area contributed by atoms with E-state index >= 15 is 0 Å². The van der Waals surface area contributed by atoms with Gasteiger partial charge in [0, 0.05) is 48.0 Å². The molecule has 0 aromatic heterocycles. The molecule has 0 bridgehead atoms. The molecule has 0 aliphatic carbocycles. The number of benzene rings is 1. The predicted octanol–water partition coefficient (Wildman–Crippen LogP) is 0.991. The van der Waals surface area contributed by atoms with Crippen LogP contribution < -0.4 is 16.0 Å². The number of ether oxygens (including phenoxy) is 3. The number of aliphatic hydroxyl groups excluding tert-OH is 1. The molecule has 0 spiro atoms. The maximum Gasteiger partial charge on any atom is 0.329 e. The van der Waals surface area contributed by atoms with Crippen LogP contribution in [0.1, 0.15) is 87.6 Å². The lowest BCUT2D eigenvalue weighted by molar-refractivity contribution is -0.170. The number of aliphatic hydroxyl groups is 1. The Morgan fingerprint density at radius 1 is 0.750 bits per heavy atom. The van der Waals surface area contributed by atoms with Crippen LogP contribution in [0.4, 0.5) is 0 Å². The molecule has 0 aliphatic heterocycles. The van der Waals surface area contributed by atoms with Gasteiger partial charge in [-0.25, -0.2) is 9.59 Å². The van der Waals surface area contributed by atoms with E-state index in [1.54, 1.807) is 65.0 Å². The van der Waals surface area contributed by atoms with Crippen LogP contribution in [-0.2, 0) is 68.6 Å². The summed E-state index contributed by atoms with van der Waals surface area (Å²) in [5.74, 6) is -11.6. The van der Waals surface area contributed by atoms with Gasteiger partial charge in [-0.1, -0.05) is 71.5 Å². The first-order valence-corrected chi connectivity index (χ1v) is 22.3. The number of hydrogen-bond acceptors (Lipinski definition) is 14. The van der Waals surface area contributed by atoms with Crippen LogP contribution >= 0.6 is 0 Å². The molecule has 5 N–H and O–H groups in total. The monoisotopic (exact) mass is 961 g/mol. The molecule has 1 rings (SSSR count). The summed E-state index contributed by atoms with van der Waals surface area (Å²) in [7, 11) is 4.84. The van der Waals surface area contributed by atoms with Gasteiger partial charge in [0.15, 0.2) is 12.1 Å². The van der Waals surface area contributed by atoms with Crippen molar-refractivity contribution in [3.63, 3.8) is 0 Å². The number of amides is 6. The number of carboxylic acids is 1. The summed E-state index contributed by atoms with van der Waals surface area (Å²) in [6.45, 7) is 18.2. The lowest BCUT2D eigenvalue weighted by atomic mass is 9.89. The molecule has 21 heteroatoms. The number of rotatable bonds is 27. The summed E-state index contributed by atoms with van der Waals surface area (Å²) in [5.41, 5.74) is 0.170. The van der Waals surface area contributed by atoms with E-state index in [0.29, 0.717) is 5.56 Å². The molecule has 0 heterocycles. The third kappa shape index (κ3) is 17.1. The van der Waals surface area contributed by atoms with E-state index in [9.17, 15) is 58.2 Å². The van der Waals surface area contributed by atoms with Crippen LogP contribution in [-0.4, -0.2) is 167 Å². The van der Waals surface area contributed by atoms with Crippen molar-refractivity contribution in [2.75, 3.05) is 28.3 Å². The molecule has 21 nitrogen and oxygen atoms in total. The van der Waals surface area contributed by atoms with E-state index < -0.39 is 144 Å². The zero-order valence-corrected chi connectivity index (χ0v) is 41.7. The fourth-order valence-corrected chi connectivity index (χ4v) is 6.97. The minimum atomic E-state index is -1.79. The number of nitrogens with one attached hydrogen (secondary N) is 3. The van der Waals surface area contributed by atoms with Crippen molar-refractivity contribution in [2.45, 2.75) is 143 Å². The Kier molecular flexibility index (Phi) is 24.2. The number of carbonyl (C=O) groups is 10. The van der Waals surface area contributed by atoms with Gasteiger partial charge in [0.25, 0.3) is 11.8 Å². The van der Waals surface area contributed by atoms with Crippen molar-refractivity contribution < 1.29 is 72.4 Å². The zero-order valence-electron chi connectivity index (χ0n) is 41.7. The van der Waals surface area contributed by atoms with Gasteiger partial charge in [-0.05, 0) is 51.5 Å². The van der Waals surface area contributed by atoms with Crippen molar-refractivity contribution >= 4 is 59.1 Å². The molecule has 6 amide bonds. The maximum absolute atomic E-state index is 14.3. The summed E-state index contributed by atoms with van der Waals surface area (Å²) in [6.07, 6.45) is -5.71. The van der Waals surface area contributed by atoms with Crippen LogP contribution in [0.3, 0.4) is 0 Å². The quantitative estimate of drug-likeness (QED) is 0.0607. The highest BCUT2D eigenvalue weighted by Crippen LogP contribution is 2.24. The second-order valence-electron chi connectivity index (χ2n) is 17.5. The molecule has 0 unspecified atom stereocenters. The van der Waals surface area contributed by atoms with Gasteiger partial charge in [-0.3, -0.25) is 33.6 Å². The fourth-order valence-electron chi connectivity index (χ4n) is 6.97. The molecule has 380 valence electrons. The van der Waals surface area contributed by atoms with Crippen LogP contribution in [0.5, 0.6) is 0 Å². The minimum Gasteiger partial charge on any atom is -0.480 e. The summed E-state index contributed by atoms with van der Waals surface area (Å²) >= 11 is 0. The lowest BCUT2D eigenvalue weighted by Gasteiger charge is -2.37. The lowest BCUT2D eigenvalue weighted by Crippen LogP contribution is -2.63. The number of Topliss-reactive ketones (excluding diaryl/α,β-unsaturated/α-hetero) is 1. The Morgan fingerprint density at radius 3 is 1.79 bits per heavy atom. The summed E-state index contributed by atoms with van der Waals surface area (Å²) < 4.78 is 16.6. The molecule has 0 radical (unpaired) electrons. The molecule has 0 fully saturated rings. The molecule has 1 aromatic rings. The van der Waals surface area contributed by atoms with Crippen LogP contribution in [0.2, 0.25) is 0 Å². The highest BCUT2D eigenvalue weighted by atomic mass is 16.6. The van der Waals surface area contributed by atoms with Crippen LogP contribution in [0.15, 0.2) is 42.6 Å². The maximum atomic E-state index is 14.3. The predicted molar refractivity (Wildman–Crippen MR) is 247 cm³/mol. The number of nitrogens with zero attached hydrogens (tertiary/aromatic N) is 3. The van der Waals surface area contributed by atoms with Crippen molar-refractivity contribution in [3.05, 3.63) is 48.2 Å². The average molecular weight is 961 g/mol. The largest absolute Gasteiger partial charge is 0.480 e. The van der Waals surface area contributed by atoms with Gasteiger partial charge < -0.3 is 59.9 Å². The van der Waals surface area contributed by atoms with Crippen molar-refractivity contribution in [3.8, 4) is 0 Å². The molecule has 10 atom stereocenters. The number of carboxylic acid groups (broad SMARTS) is 1. The van der Waals surface area contributed by atoms with Crippen molar-refractivity contribution in [2.24, 2.45) is 17.8 Å². The van der Waals surface area contributed by atoms with Crippen LogP contribution in [0, 0.1) is 17.8 Å². The van der Waals surface area contributed by atoms with Gasteiger partial charge in [0.2, 0.25) is 23.6 Å². The molecule has 0 aliphatic rings. The Morgan fingerprint density at radius 2 is 1.32 bits per heavy atom. The van der Waals surface area contributed by atoms with Crippen molar-refractivity contribution in [1.29, 1.82) is 0 Å². The third-order valence-electron chi connectivity index (χ3n) is 11.4. The number of carbonyl (C=O) groups excluding carboxylic acids is 9. The molecule has 1 aromatic carbocycles. The number of esters is 2. The van der Waals surface area contributed by atoms with E-state index in [0.717, 1.165) is 21.7 Å². The summed E-state index contributed by atoms with van der Waals surface area (Å²) in [5, 5.41) is 28.4. The first kappa shape index (κ1) is 59.8. The van der Waals surface area contributed by atoms with E-state index in [2.05, 4.69) is 22.5 Å². The third-order valence-corrected chi connectivity index (χ3v) is 11.4. The van der Waals surface area contributed by atoms with E-state index in [1.165, 1.54) is 55.8 Å². The molecule has 0 saturated heterocycles. The fraction of sp³-hybridized carbons (Fsp3) is 0.617.